The molecule has 0 bridgehead atoms. The number of fused-ring (bicyclic) bond motifs is 1. The fourth-order valence-corrected chi connectivity index (χ4v) is 4.92. The van der Waals surface area contributed by atoms with Crippen LogP contribution >= 0.6 is 0 Å². The van der Waals surface area contributed by atoms with Crippen molar-refractivity contribution in [3.8, 4) is 22.8 Å². The summed E-state index contributed by atoms with van der Waals surface area (Å²) in [5.41, 5.74) is 4.28. The van der Waals surface area contributed by atoms with Crippen molar-refractivity contribution in [2.45, 2.75) is 25.4 Å². The summed E-state index contributed by atoms with van der Waals surface area (Å²) >= 11 is 0. The molecule has 6 rings (SSSR count). The molecule has 2 aromatic carbocycles. The van der Waals surface area contributed by atoms with E-state index in [9.17, 15) is 4.79 Å². The van der Waals surface area contributed by atoms with Crippen LogP contribution in [-0.4, -0.2) is 45.3 Å². The molecule has 0 N–H and O–H groups in total. The van der Waals surface area contributed by atoms with Gasteiger partial charge in [-0.2, -0.15) is 5.10 Å². The molecule has 2 aliphatic rings. The first-order valence-electron chi connectivity index (χ1n) is 12.0. The van der Waals surface area contributed by atoms with Gasteiger partial charge in [0.1, 0.15) is 18.9 Å². The lowest BCUT2D eigenvalue weighted by Crippen LogP contribution is -2.30. The normalized spacial score (nSPS) is 16.9. The van der Waals surface area contributed by atoms with E-state index in [-0.39, 0.29) is 11.9 Å². The van der Waals surface area contributed by atoms with Gasteiger partial charge in [-0.1, -0.05) is 36.4 Å². The highest BCUT2D eigenvalue weighted by Crippen LogP contribution is 2.39. The van der Waals surface area contributed by atoms with Crippen LogP contribution in [0.1, 0.15) is 40.4 Å². The topological polar surface area (TPSA) is 69.5 Å². The molecule has 0 radical (unpaired) electrons. The Balaban J connectivity index is 1.34. The zero-order valence-electron chi connectivity index (χ0n) is 19.3. The maximum absolute atomic E-state index is 14.0. The van der Waals surface area contributed by atoms with E-state index in [1.165, 1.54) is 0 Å². The highest BCUT2D eigenvalue weighted by atomic mass is 16.6. The van der Waals surface area contributed by atoms with Crippen LogP contribution in [0.4, 0.5) is 0 Å². The first-order chi connectivity index (χ1) is 17.3. The van der Waals surface area contributed by atoms with Crippen molar-refractivity contribution in [1.82, 2.24) is 19.7 Å². The van der Waals surface area contributed by atoms with E-state index in [2.05, 4.69) is 17.1 Å². The Morgan fingerprint density at radius 1 is 1.00 bits per heavy atom. The van der Waals surface area contributed by atoms with E-state index < -0.39 is 0 Å². The van der Waals surface area contributed by atoms with Crippen molar-refractivity contribution in [3.05, 3.63) is 95.9 Å². The van der Waals surface area contributed by atoms with Crippen LogP contribution in [0.15, 0.2) is 79.3 Å². The zero-order valence-corrected chi connectivity index (χ0v) is 19.3. The van der Waals surface area contributed by atoms with Gasteiger partial charge in [-0.05, 0) is 48.2 Å². The Morgan fingerprint density at radius 3 is 2.69 bits per heavy atom. The Morgan fingerprint density at radius 2 is 1.86 bits per heavy atom. The third-order valence-corrected chi connectivity index (χ3v) is 6.58. The van der Waals surface area contributed by atoms with Crippen molar-refractivity contribution >= 4 is 5.91 Å². The van der Waals surface area contributed by atoms with Crippen molar-refractivity contribution < 1.29 is 14.3 Å². The Kier molecular flexibility index (Phi) is 5.66. The highest BCUT2D eigenvalue weighted by Gasteiger charge is 2.33. The summed E-state index contributed by atoms with van der Waals surface area (Å²) in [6, 6.07) is 19.9. The molecule has 35 heavy (non-hydrogen) atoms. The minimum atomic E-state index is -0.0162. The van der Waals surface area contributed by atoms with Gasteiger partial charge in [0.15, 0.2) is 11.5 Å². The van der Waals surface area contributed by atoms with Gasteiger partial charge in [0, 0.05) is 30.7 Å². The van der Waals surface area contributed by atoms with Crippen LogP contribution in [0.25, 0.3) is 11.3 Å². The Hall–Kier alpha value is -4.13. The van der Waals surface area contributed by atoms with Gasteiger partial charge >= 0.3 is 0 Å². The van der Waals surface area contributed by atoms with Gasteiger partial charge in [0.2, 0.25) is 0 Å². The molecule has 0 saturated carbocycles. The van der Waals surface area contributed by atoms with Gasteiger partial charge < -0.3 is 14.4 Å². The van der Waals surface area contributed by atoms with Crippen LogP contribution < -0.4 is 9.47 Å². The molecular formula is C28H26N4O3. The summed E-state index contributed by atoms with van der Waals surface area (Å²) in [7, 11) is 0. The number of nitrogens with zero attached hydrogens (tertiary/aromatic N) is 4. The number of benzene rings is 2. The molecule has 1 atom stereocenters. The molecule has 1 amide bonds. The number of carbonyl (C=O) groups is 1. The van der Waals surface area contributed by atoms with Gasteiger partial charge in [-0.25, -0.2) is 0 Å². The minimum Gasteiger partial charge on any atom is -0.486 e. The van der Waals surface area contributed by atoms with Crippen LogP contribution in [0.3, 0.4) is 0 Å². The summed E-state index contributed by atoms with van der Waals surface area (Å²) in [5, 5.41) is 4.82. The first kappa shape index (κ1) is 21.4. The maximum atomic E-state index is 14.0. The molecule has 7 nitrogen and oxygen atoms in total. The predicted octanol–water partition coefficient (Wildman–Crippen LogP) is 4.74. The largest absolute Gasteiger partial charge is 0.486 e. The lowest BCUT2D eigenvalue weighted by atomic mass is 10.0. The number of carbonyl (C=O) groups excluding carboxylic acids is 1. The van der Waals surface area contributed by atoms with Gasteiger partial charge in [-0.15, -0.1) is 0 Å². The third-order valence-electron chi connectivity index (χ3n) is 6.58. The second kappa shape index (κ2) is 9.25. The van der Waals surface area contributed by atoms with E-state index >= 15 is 0 Å². The monoisotopic (exact) mass is 466 g/mol. The average molecular weight is 467 g/mol. The molecular weight excluding hydrogens is 440 g/mol. The molecule has 2 aliphatic heterocycles. The second-order valence-electron chi connectivity index (χ2n) is 8.88. The molecule has 1 saturated heterocycles. The van der Waals surface area contributed by atoms with E-state index in [1.807, 2.05) is 64.3 Å². The first-order valence-corrected chi connectivity index (χ1v) is 12.0. The molecule has 4 aromatic rings. The number of likely N-dealkylation sites (tertiary alicyclic amines) is 1. The van der Waals surface area contributed by atoms with Crippen LogP contribution in [0.2, 0.25) is 0 Å². The molecule has 0 aliphatic carbocycles. The molecule has 1 fully saturated rings. The SMILES string of the molecule is O=C(c1cn(Cc2ccccc2)nc1-c1cccnc1)N1CCC[C@@H]1c1ccc2c(c1)OCCO2. The smallest absolute Gasteiger partial charge is 0.258 e. The van der Waals surface area contributed by atoms with Gasteiger partial charge in [0.05, 0.1) is 18.2 Å². The second-order valence-corrected chi connectivity index (χ2v) is 8.88. The van der Waals surface area contributed by atoms with Crippen molar-refractivity contribution in [3.63, 3.8) is 0 Å². The Bertz CT molecular complexity index is 1340. The highest BCUT2D eigenvalue weighted by molar-refractivity contribution is 6.00. The standard InChI is InChI=1S/C28H26N4O3/c33-28(32-13-5-9-24(32)21-10-11-25-26(16-21)35-15-14-34-25)23-19-31(18-20-6-2-1-3-7-20)30-27(23)22-8-4-12-29-17-22/h1-4,6-8,10-12,16-17,19,24H,5,9,13-15,18H2/t24-/m1/s1. The number of pyridine rings is 1. The molecule has 2 aromatic heterocycles. The lowest BCUT2D eigenvalue weighted by molar-refractivity contribution is 0.0736. The average Bonchev–Trinajstić information content (AvgIpc) is 3.57. The van der Waals surface area contributed by atoms with Crippen LogP contribution in [-0.2, 0) is 6.54 Å². The molecule has 4 heterocycles. The van der Waals surface area contributed by atoms with Gasteiger partial charge in [0.25, 0.3) is 5.91 Å². The number of ether oxygens (including phenoxy) is 2. The summed E-state index contributed by atoms with van der Waals surface area (Å²) < 4.78 is 13.3. The molecule has 0 unspecified atom stereocenters. The fourth-order valence-electron chi connectivity index (χ4n) is 4.92. The van der Waals surface area contributed by atoms with E-state index in [4.69, 9.17) is 14.6 Å². The van der Waals surface area contributed by atoms with Crippen molar-refractivity contribution in [2.75, 3.05) is 19.8 Å². The van der Waals surface area contributed by atoms with Crippen molar-refractivity contribution in [1.29, 1.82) is 0 Å². The van der Waals surface area contributed by atoms with Gasteiger partial charge in [-0.3, -0.25) is 14.5 Å². The summed E-state index contributed by atoms with van der Waals surface area (Å²) in [6.07, 6.45) is 7.21. The minimum absolute atomic E-state index is 0.0134. The summed E-state index contributed by atoms with van der Waals surface area (Å²) in [4.78, 5) is 20.2. The number of amides is 1. The third kappa shape index (κ3) is 4.25. The zero-order chi connectivity index (χ0) is 23.6. The van der Waals surface area contributed by atoms with E-state index in [1.54, 1.807) is 12.4 Å². The molecule has 0 spiro atoms. The quantitative estimate of drug-likeness (QED) is 0.425. The number of aromatic nitrogens is 3. The molecule has 176 valence electrons. The Labute approximate surface area is 203 Å². The lowest BCUT2D eigenvalue weighted by Gasteiger charge is -2.26. The van der Waals surface area contributed by atoms with Crippen molar-refractivity contribution in [2.24, 2.45) is 0 Å². The van der Waals surface area contributed by atoms with E-state index in [0.29, 0.717) is 37.6 Å². The van der Waals surface area contributed by atoms with E-state index in [0.717, 1.165) is 41.0 Å². The number of hydrogen-bond acceptors (Lipinski definition) is 5. The predicted molar refractivity (Wildman–Crippen MR) is 131 cm³/mol. The van der Waals surface area contributed by atoms with Crippen LogP contribution in [0.5, 0.6) is 11.5 Å². The summed E-state index contributed by atoms with van der Waals surface area (Å²) in [5.74, 6) is 1.50. The summed E-state index contributed by atoms with van der Waals surface area (Å²) in [6.45, 7) is 2.39. The van der Waals surface area contributed by atoms with Crippen LogP contribution in [0, 0.1) is 0 Å². The number of rotatable bonds is 5. The molecule has 7 heteroatoms. The maximum Gasteiger partial charge on any atom is 0.258 e. The number of hydrogen-bond donors (Lipinski definition) is 0. The fraction of sp³-hybridized carbons (Fsp3) is 0.250.